The second kappa shape index (κ2) is 7.33. The number of aromatic amines is 1. The number of anilines is 2. The first-order valence-electron chi connectivity index (χ1n) is 7.03. The van der Waals surface area contributed by atoms with Crippen LogP contribution in [0.1, 0.15) is 27.2 Å². The number of imidazole rings is 1. The maximum Gasteiger partial charge on any atom is 0.226 e. The van der Waals surface area contributed by atoms with Crippen LogP contribution in [0, 0.1) is 0 Å². The predicted octanol–water partition coefficient (Wildman–Crippen LogP) is 2.73. The molecule has 20 heavy (non-hydrogen) atoms. The third kappa shape index (κ3) is 3.75. The summed E-state index contributed by atoms with van der Waals surface area (Å²) in [6.07, 6.45) is 2.76. The van der Waals surface area contributed by atoms with Crippen molar-refractivity contribution in [3.8, 4) is 0 Å². The Labute approximate surface area is 123 Å². The zero-order valence-electron chi connectivity index (χ0n) is 12.2. The Kier molecular flexibility index (Phi) is 5.46. The summed E-state index contributed by atoms with van der Waals surface area (Å²) >= 11 is 1.96. The Morgan fingerprint density at radius 2 is 2.20 bits per heavy atom. The summed E-state index contributed by atoms with van der Waals surface area (Å²) in [4.78, 5) is 16.2. The van der Waals surface area contributed by atoms with Crippen LogP contribution in [0.15, 0.2) is 6.33 Å². The van der Waals surface area contributed by atoms with Crippen molar-refractivity contribution in [1.82, 2.24) is 19.9 Å². The van der Waals surface area contributed by atoms with E-state index in [9.17, 15) is 0 Å². The van der Waals surface area contributed by atoms with Gasteiger partial charge in [-0.15, -0.1) is 0 Å². The smallest absolute Gasteiger partial charge is 0.226 e. The lowest BCUT2D eigenvalue weighted by atomic mass is 10.2. The lowest BCUT2D eigenvalue weighted by molar-refractivity contribution is 0.767. The van der Waals surface area contributed by atoms with Crippen LogP contribution < -0.4 is 10.6 Å². The average Bonchev–Trinajstić information content (AvgIpc) is 2.88. The average molecular weight is 294 g/mol. The predicted molar refractivity (Wildman–Crippen MR) is 86.5 cm³/mol. The minimum absolute atomic E-state index is 0.366. The van der Waals surface area contributed by atoms with E-state index in [0.717, 1.165) is 35.8 Å². The van der Waals surface area contributed by atoms with Crippen molar-refractivity contribution in [1.29, 1.82) is 0 Å². The van der Waals surface area contributed by atoms with E-state index in [1.165, 1.54) is 0 Å². The fraction of sp³-hybridized carbons (Fsp3) is 0.615. The minimum Gasteiger partial charge on any atom is -0.366 e. The first kappa shape index (κ1) is 14.9. The van der Waals surface area contributed by atoms with Crippen LogP contribution in [-0.2, 0) is 0 Å². The third-order valence-electron chi connectivity index (χ3n) is 2.90. The molecule has 6 nitrogen and oxygen atoms in total. The summed E-state index contributed by atoms with van der Waals surface area (Å²) in [5, 5.41) is 6.59. The van der Waals surface area contributed by atoms with Crippen LogP contribution >= 0.6 is 11.8 Å². The highest BCUT2D eigenvalue weighted by Gasteiger charge is 2.11. The number of H-pyrrole nitrogens is 1. The molecule has 110 valence electrons. The molecule has 0 fully saturated rings. The topological polar surface area (TPSA) is 78.5 Å². The van der Waals surface area contributed by atoms with Crippen LogP contribution in [0.4, 0.5) is 11.8 Å². The van der Waals surface area contributed by atoms with Crippen LogP contribution in [0.5, 0.6) is 0 Å². The molecule has 2 rings (SSSR count). The van der Waals surface area contributed by atoms with E-state index >= 15 is 0 Å². The highest BCUT2D eigenvalue weighted by molar-refractivity contribution is 7.99. The normalized spacial score (nSPS) is 12.6. The molecule has 0 radical (unpaired) electrons. The zero-order valence-corrected chi connectivity index (χ0v) is 13.0. The van der Waals surface area contributed by atoms with Crippen molar-refractivity contribution in [2.75, 3.05) is 28.7 Å². The van der Waals surface area contributed by atoms with E-state index in [-0.39, 0.29) is 0 Å². The van der Waals surface area contributed by atoms with Crippen LogP contribution in [0.3, 0.4) is 0 Å². The minimum atomic E-state index is 0.366. The molecule has 1 unspecified atom stereocenters. The van der Waals surface area contributed by atoms with Gasteiger partial charge in [0, 0.05) is 12.6 Å². The van der Waals surface area contributed by atoms with Crippen molar-refractivity contribution >= 4 is 34.7 Å². The summed E-state index contributed by atoms with van der Waals surface area (Å²) in [5.74, 6) is 3.75. The highest BCUT2D eigenvalue weighted by atomic mass is 32.2. The summed E-state index contributed by atoms with van der Waals surface area (Å²) in [5.41, 5.74) is 1.55. The number of nitrogens with one attached hydrogen (secondary N) is 3. The van der Waals surface area contributed by atoms with Gasteiger partial charge in [0.1, 0.15) is 5.52 Å². The molecule has 3 N–H and O–H groups in total. The van der Waals surface area contributed by atoms with Crippen molar-refractivity contribution in [2.45, 2.75) is 33.2 Å². The van der Waals surface area contributed by atoms with Crippen LogP contribution in [-0.4, -0.2) is 44.0 Å². The number of hydrogen-bond acceptors (Lipinski definition) is 6. The summed E-state index contributed by atoms with van der Waals surface area (Å²) < 4.78 is 0. The lowest BCUT2D eigenvalue weighted by Crippen LogP contribution is -2.18. The molecular formula is C13H22N6S. The number of hydrogen-bond donors (Lipinski definition) is 3. The summed E-state index contributed by atoms with van der Waals surface area (Å²) in [6, 6.07) is 0.366. The molecule has 0 bridgehead atoms. The second-order valence-corrected chi connectivity index (χ2v) is 5.95. The quantitative estimate of drug-likeness (QED) is 0.650. The summed E-state index contributed by atoms with van der Waals surface area (Å²) in [6.45, 7) is 7.17. The first-order valence-corrected chi connectivity index (χ1v) is 8.19. The first-order chi connectivity index (χ1) is 9.74. The maximum absolute atomic E-state index is 4.52. The van der Waals surface area contributed by atoms with E-state index in [0.29, 0.717) is 17.6 Å². The standard InChI is InChI=1S/C13H22N6S/c1-4-14-13-18-11-10(15-8-16-11)12(19-13)17-9(3)6-7-20-5-2/h8-9H,4-7H2,1-3H3,(H3,14,15,16,17,18,19). The molecule has 7 heteroatoms. The summed E-state index contributed by atoms with van der Waals surface area (Å²) in [7, 11) is 0. The molecule has 0 amide bonds. The molecule has 2 heterocycles. The third-order valence-corrected chi connectivity index (χ3v) is 3.84. The Hall–Kier alpha value is -1.50. The molecular weight excluding hydrogens is 272 g/mol. The molecule has 0 spiro atoms. The SMILES string of the molecule is CCNc1nc(NC(C)CCSCC)c2[nH]cnc2n1. The van der Waals surface area contributed by atoms with Crippen molar-refractivity contribution in [3.05, 3.63) is 6.33 Å². The number of aromatic nitrogens is 4. The van der Waals surface area contributed by atoms with Crippen molar-refractivity contribution < 1.29 is 0 Å². The number of nitrogens with zero attached hydrogens (tertiary/aromatic N) is 3. The van der Waals surface area contributed by atoms with Crippen LogP contribution in [0.25, 0.3) is 11.2 Å². The van der Waals surface area contributed by atoms with Gasteiger partial charge in [0.15, 0.2) is 11.5 Å². The highest BCUT2D eigenvalue weighted by Crippen LogP contribution is 2.20. The monoisotopic (exact) mass is 294 g/mol. The van der Waals surface area contributed by atoms with Gasteiger partial charge in [-0.05, 0) is 31.8 Å². The molecule has 0 aromatic carbocycles. The molecule has 0 saturated carbocycles. The molecule has 2 aromatic rings. The number of rotatable bonds is 8. The Morgan fingerprint density at radius 1 is 1.35 bits per heavy atom. The van der Waals surface area contributed by atoms with Gasteiger partial charge >= 0.3 is 0 Å². The number of thioether (sulfide) groups is 1. The van der Waals surface area contributed by atoms with Gasteiger partial charge in [0.05, 0.1) is 6.33 Å². The Morgan fingerprint density at radius 3 is 2.95 bits per heavy atom. The van der Waals surface area contributed by atoms with E-state index in [1.54, 1.807) is 6.33 Å². The van der Waals surface area contributed by atoms with Gasteiger partial charge in [0.2, 0.25) is 5.95 Å². The van der Waals surface area contributed by atoms with E-state index < -0.39 is 0 Å². The fourth-order valence-electron chi connectivity index (χ4n) is 1.88. The molecule has 1 atom stereocenters. The Balaban J connectivity index is 2.12. The lowest BCUT2D eigenvalue weighted by Gasteiger charge is -2.15. The van der Waals surface area contributed by atoms with Gasteiger partial charge in [-0.2, -0.15) is 21.7 Å². The van der Waals surface area contributed by atoms with Gasteiger partial charge in [0.25, 0.3) is 0 Å². The molecule has 0 aliphatic rings. The van der Waals surface area contributed by atoms with E-state index in [2.05, 4.69) is 44.4 Å². The maximum atomic E-state index is 4.52. The van der Waals surface area contributed by atoms with E-state index in [1.807, 2.05) is 18.7 Å². The number of fused-ring (bicyclic) bond motifs is 1. The van der Waals surface area contributed by atoms with Crippen molar-refractivity contribution in [2.24, 2.45) is 0 Å². The largest absolute Gasteiger partial charge is 0.366 e. The molecule has 0 aliphatic heterocycles. The van der Waals surface area contributed by atoms with Crippen LogP contribution in [0.2, 0.25) is 0 Å². The van der Waals surface area contributed by atoms with E-state index in [4.69, 9.17) is 0 Å². The van der Waals surface area contributed by atoms with Gasteiger partial charge in [-0.25, -0.2) is 4.98 Å². The van der Waals surface area contributed by atoms with Gasteiger partial charge in [-0.1, -0.05) is 6.92 Å². The van der Waals surface area contributed by atoms with Gasteiger partial charge in [-0.3, -0.25) is 0 Å². The molecule has 0 saturated heterocycles. The molecule has 0 aliphatic carbocycles. The molecule has 2 aromatic heterocycles. The second-order valence-electron chi connectivity index (χ2n) is 4.56. The zero-order chi connectivity index (χ0) is 14.4. The van der Waals surface area contributed by atoms with Gasteiger partial charge < -0.3 is 15.6 Å². The van der Waals surface area contributed by atoms with Crippen molar-refractivity contribution in [3.63, 3.8) is 0 Å². The Bertz CT molecular complexity index is 541. The fourth-order valence-corrected chi connectivity index (χ4v) is 2.69.